The van der Waals surface area contributed by atoms with E-state index in [1.54, 1.807) is 30.3 Å². The van der Waals surface area contributed by atoms with Gasteiger partial charge in [-0.3, -0.25) is 29.2 Å². The number of aromatic hydroxyl groups is 1. The third-order valence-corrected chi connectivity index (χ3v) is 14.9. The van der Waals surface area contributed by atoms with Crippen LogP contribution < -0.4 is 16.1 Å². The lowest BCUT2D eigenvalue weighted by Crippen LogP contribution is -2.62. The number of aryl methyl sites for hydroxylation is 1. The number of amides is 3. The summed E-state index contributed by atoms with van der Waals surface area (Å²) in [6.45, 7) is 17.3. The van der Waals surface area contributed by atoms with Gasteiger partial charge in [-0.05, 0) is 117 Å². The largest absolute Gasteiger partial charge is 0.508 e. The number of ether oxygens (including phenoxy) is 2. The number of hydrogen-bond acceptors (Lipinski definition) is 11. The second kappa shape index (κ2) is 18.6. The number of methoxy groups -OCH3 is 1. The van der Waals surface area contributed by atoms with Gasteiger partial charge in [0.1, 0.15) is 23.9 Å². The van der Waals surface area contributed by atoms with Crippen molar-refractivity contribution in [3.63, 3.8) is 0 Å². The molecule has 5 aliphatic rings. The molecule has 1 spiro atoms. The van der Waals surface area contributed by atoms with Gasteiger partial charge in [0.05, 0.1) is 29.5 Å². The Balaban J connectivity index is 1.10. The summed E-state index contributed by atoms with van der Waals surface area (Å²) in [4.78, 5) is 66.9. The molecule has 6 atom stereocenters. The maximum Gasteiger partial charge on any atom is 0.324 e. The fourth-order valence-electron chi connectivity index (χ4n) is 11.3. The summed E-state index contributed by atoms with van der Waals surface area (Å²) in [7, 11) is 1.68. The maximum atomic E-state index is 14.8. The van der Waals surface area contributed by atoms with Crippen molar-refractivity contribution in [2.24, 2.45) is 16.7 Å². The Labute approximate surface area is 393 Å². The third kappa shape index (κ3) is 9.32. The number of nitrogens with zero attached hydrogens (tertiary/aromatic N) is 5. The molecule has 4 N–H and O–H groups in total. The lowest BCUT2D eigenvalue weighted by atomic mass is 9.84. The highest BCUT2D eigenvalue weighted by Gasteiger charge is 2.54. The molecule has 4 fully saturated rings. The van der Waals surface area contributed by atoms with Gasteiger partial charge in [0.15, 0.2) is 0 Å². The number of esters is 1. The molecule has 2 aromatic heterocycles. The van der Waals surface area contributed by atoms with Crippen molar-refractivity contribution < 1.29 is 33.8 Å². The van der Waals surface area contributed by atoms with Crippen LogP contribution in [0.25, 0.3) is 33.3 Å². The van der Waals surface area contributed by atoms with E-state index in [1.807, 2.05) is 32.9 Å². The number of rotatable bonds is 10. The highest BCUT2D eigenvalue weighted by atomic mass is 16.5. The van der Waals surface area contributed by atoms with Crippen molar-refractivity contribution >= 4 is 34.6 Å². The van der Waals surface area contributed by atoms with E-state index in [0.717, 1.165) is 70.6 Å². The monoisotopic (exact) mass is 917 g/mol. The summed E-state index contributed by atoms with van der Waals surface area (Å²) in [5.74, 6) is -1.47. The molecule has 5 aliphatic heterocycles. The predicted octanol–water partition coefficient (Wildman–Crippen LogP) is 5.37. The second-order valence-corrected chi connectivity index (χ2v) is 20.8. The van der Waals surface area contributed by atoms with Crippen LogP contribution >= 0.6 is 0 Å². The van der Waals surface area contributed by atoms with E-state index < -0.39 is 46.7 Å². The zero-order valence-electron chi connectivity index (χ0n) is 40.2. The molecule has 3 amide bonds. The molecule has 9 rings (SSSR count). The minimum atomic E-state index is -1.10. The Morgan fingerprint density at radius 1 is 1.04 bits per heavy atom. The van der Waals surface area contributed by atoms with E-state index in [4.69, 9.17) is 14.5 Å². The highest BCUT2D eigenvalue weighted by molar-refractivity contribution is 5.96. The number of nitrogens with one attached hydrogen (secondary N) is 3. The smallest absolute Gasteiger partial charge is 0.324 e. The molecule has 2 aromatic carbocycles. The number of carbonyl (C=O) groups is 4. The number of benzene rings is 2. The maximum absolute atomic E-state index is 14.8. The number of carbonyl (C=O) groups excluding carboxylic acids is 4. The molecular formula is C52H68N8O7. The van der Waals surface area contributed by atoms with E-state index in [9.17, 15) is 24.3 Å². The Morgan fingerprint density at radius 2 is 1.84 bits per heavy atom. The third-order valence-electron chi connectivity index (χ3n) is 14.9. The molecule has 4 aromatic rings. The van der Waals surface area contributed by atoms with E-state index in [1.165, 1.54) is 5.01 Å². The Kier molecular flexibility index (Phi) is 13.0. The number of phenolic OH excluding ortho intramolecular Hbond substituents is 1. The van der Waals surface area contributed by atoms with Crippen molar-refractivity contribution in [3.05, 3.63) is 71.5 Å². The first-order valence-electron chi connectivity index (χ1n) is 24.4. The molecule has 4 saturated heterocycles. The van der Waals surface area contributed by atoms with Gasteiger partial charge in [-0.25, -0.2) is 5.43 Å². The lowest BCUT2D eigenvalue weighted by Gasteiger charge is -2.37. The normalized spacial score (nSPS) is 25.4. The van der Waals surface area contributed by atoms with Crippen LogP contribution in [0.15, 0.2) is 54.7 Å². The van der Waals surface area contributed by atoms with E-state index >= 15 is 0 Å². The summed E-state index contributed by atoms with van der Waals surface area (Å²) >= 11 is 0. The van der Waals surface area contributed by atoms with E-state index in [0.29, 0.717) is 63.5 Å². The number of likely N-dealkylation sites (tertiary alicyclic amines) is 2. The zero-order chi connectivity index (χ0) is 47.4. The summed E-state index contributed by atoms with van der Waals surface area (Å²) in [6.07, 6.45) is 4.59. The minimum absolute atomic E-state index is 0.00966. The molecular weight excluding hydrogens is 849 g/mol. The first kappa shape index (κ1) is 46.7. The van der Waals surface area contributed by atoms with Crippen LogP contribution in [0.3, 0.4) is 0 Å². The minimum Gasteiger partial charge on any atom is -0.508 e. The average Bonchev–Trinajstić information content (AvgIpc) is 3.85. The van der Waals surface area contributed by atoms with Crippen molar-refractivity contribution in [3.8, 4) is 28.1 Å². The van der Waals surface area contributed by atoms with Crippen molar-refractivity contribution in [1.82, 2.24) is 40.4 Å². The van der Waals surface area contributed by atoms with Gasteiger partial charge >= 0.3 is 5.97 Å². The highest BCUT2D eigenvalue weighted by Crippen LogP contribution is 2.44. The quantitative estimate of drug-likeness (QED) is 0.119. The summed E-state index contributed by atoms with van der Waals surface area (Å²) in [5, 5.41) is 20.3. The first-order chi connectivity index (χ1) is 32.1. The fourth-order valence-corrected chi connectivity index (χ4v) is 11.3. The lowest BCUT2D eigenvalue weighted by molar-refractivity contribution is -0.155. The number of cyclic esters (lactones) is 1. The molecule has 15 nitrogen and oxygen atoms in total. The molecule has 358 valence electrons. The molecule has 0 aliphatic carbocycles. The number of phenols is 1. The number of hydrazine groups is 1. The van der Waals surface area contributed by atoms with Crippen molar-refractivity contribution in [2.75, 3.05) is 53.0 Å². The van der Waals surface area contributed by atoms with E-state index in [-0.39, 0.29) is 36.7 Å². The number of aromatic nitrogens is 2. The Morgan fingerprint density at radius 3 is 2.58 bits per heavy atom. The number of pyridine rings is 1. The van der Waals surface area contributed by atoms with Gasteiger partial charge in [-0.15, -0.1) is 0 Å². The molecule has 15 heteroatoms. The Bertz CT molecular complexity index is 2550. The number of hydrogen-bond donors (Lipinski definition) is 4. The molecule has 1 unspecified atom stereocenters. The Hall–Kier alpha value is -5.35. The second-order valence-electron chi connectivity index (χ2n) is 20.8. The van der Waals surface area contributed by atoms with Crippen molar-refractivity contribution in [1.29, 1.82) is 0 Å². The molecule has 7 heterocycles. The van der Waals surface area contributed by atoms with Crippen LogP contribution in [-0.4, -0.2) is 130 Å². The molecule has 6 bridgehead atoms. The van der Waals surface area contributed by atoms with Crippen LogP contribution in [0.5, 0.6) is 5.75 Å². The summed E-state index contributed by atoms with van der Waals surface area (Å²) in [5.41, 5.74) is 9.30. The van der Waals surface area contributed by atoms with Crippen molar-refractivity contribution in [2.45, 2.75) is 117 Å². The molecule has 0 radical (unpaired) electrons. The average molecular weight is 917 g/mol. The summed E-state index contributed by atoms with van der Waals surface area (Å²) in [6, 6.07) is 13.5. The van der Waals surface area contributed by atoms with Gasteiger partial charge < -0.3 is 39.6 Å². The van der Waals surface area contributed by atoms with Gasteiger partial charge in [0.25, 0.3) is 5.91 Å². The molecule has 67 heavy (non-hydrogen) atoms. The fraction of sp³-hybridized carbons (Fsp3) is 0.558. The standard InChI is InChI=1S/C52H68N8O7/c1-8-58-43-14-13-34-25-39(43)40(46(58)38-11-9-17-53-44(38)32(4)66-7)26-51(5,6)30-67-49(64)41-12-10-18-60(56-41)48(63)42(23-33-21-35(34)24-37(61)22-33)55-47(62)45(31(2)3)59-20-16-52(50(59)65)15-19-57(29-52)28-36-27-54-36/h9,11,13-14,17,21-22,24-25,31-32,36,41-42,45,54,56,61H,8,10,12,15-16,18-20,23,26-30H2,1-7H3,(H,55,62)/t32-,36-,41-,42-,45?,52-/m0/s1. The SMILES string of the molecule is CCn1c(-c2cccnc2[C@H](C)OC)c2c3cc(ccc31)-c1cc(O)cc(c1)C[C@H](NC(=O)C(C(C)C)N1CC[C@]3(CCN(C[C@@H]4CN4)C3)C1=O)C(=O)N1CCC[C@H](N1)C(=O)OCC(C)(C)C2. The topological polar surface area (TPSA) is 181 Å². The van der Waals surface area contributed by atoms with Crippen LogP contribution in [-0.2, 0) is 48.0 Å². The van der Waals surface area contributed by atoms with Crippen LogP contribution in [0.2, 0.25) is 0 Å². The van der Waals surface area contributed by atoms with E-state index in [2.05, 4.69) is 70.6 Å². The van der Waals surface area contributed by atoms with Crippen LogP contribution in [0.4, 0.5) is 0 Å². The predicted molar refractivity (Wildman–Crippen MR) is 256 cm³/mol. The summed E-state index contributed by atoms with van der Waals surface area (Å²) < 4.78 is 14.3. The van der Waals surface area contributed by atoms with Gasteiger partial charge in [-0.2, -0.15) is 0 Å². The number of fused-ring (bicyclic) bond motifs is 6. The van der Waals surface area contributed by atoms with Crippen LogP contribution in [0, 0.1) is 16.7 Å². The molecule has 0 saturated carbocycles. The van der Waals surface area contributed by atoms with Gasteiger partial charge in [0.2, 0.25) is 11.8 Å². The van der Waals surface area contributed by atoms with Crippen LogP contribution in [0.1, 0.15) is 90.2 Å². The van der Waals surface area contributed by atoms with Gasteiger partial charge in [0, 0.05) is 86.9 Å². The van der Waals surface area contributed by atoms with Gasteiger partial charge in [-0.1, -0.05) is 39.8 Å². The first-order valence-corrected chi connectivity index (χ1v) is 24.4. The zero-order valence-corrected chi connectivity index (χ0v) is 40.2.